The first kappa shape index (κ1) is 17.7. The molecule has 0 saturated heterocycles. The molecule has 2 heterocycles. The van der Waals surface area contributed by atoms with Gasteiger partial charge in [0.1, 0.15) is 0 Å². The zero-order valence-corrected chi connectivity index (χ0v) is 15.7. The van der Waals surface area contributed by atoms with Crippen molar-refractivity contribution < 1.29 is 9.32 Å². The second kappa shape index (κ2) is 8.31. The summed E-state index contributed by atoms with van der Waals surface area (Å²) in [4.78, 5) is 17.7. The van der Waals surface area contributed by atoms with Gasteiger partial charge in [0, 0.05) is 10.4 Å². The molecule has 0 aliphatic carbocycles. The fraction of sp³-hybridized carbons (Fsp3) is 0.278. The number of hydrogen-bond acceptors (Lipinski definition) is 6. The van der Waals surface area contributed by atoms with Crippen molar-refractivity contribution in [2.75, 3.05) is 0 Å². The molecule has 5 nitrogen and oxygen atoms in total. The van der Waals surface area contributed by atoms with Crippen molar-refractivity contribution in [2.45, 2.75) is 31.4 Å². The number of nitrogens with one attached hydrogen (secondary N) is 1. The van der Waals surface area contributed by atoms with Gasteiger partial charge in [-0.25, -0.2) is 0 Å². The molecule has 7 heteroatoms. The molecule has 1 N–H and O–H groups in total. The first-order valence-corrected chi connectivity index (χ1v) is 9.86. The Hall–Kier alpha value is -2.12. The van der Waals surface area contributed by atoms with Crippen LogP contribution in [0.4, 0.5) is 0 Å². The normalized spacial score (nSPS) is 12.1. The SMILES string of the molecule is Cc1ccc(-c2noc(CS[C@@H](C)C(=O)NCc3cccs3)n2)cc1. The molecule has 0 saturated carbocycles. The third-order valence-electron chi connectivity index (χ3n) is 3.62. The van der Waals surface area contributed by atoms with E-state index in [1.807, 2.05) is 55.6 Å². The summed E-state index contributed by atoms with van der Waals surface area (Å²) in [5.41, 5.74) is 2.11. The lowest BCUT2D eigenvalue weighted by atomic mass is 10.1. The highest BCUT2D eigenvalue weighted by molar-refractivity contribution is 7.99. The molecular formula is C18H19N3O2S2. The molecule has 0 aliphatic rings. The lowest BCUT2D eigenvalue weighted by Gasteiger charge is -2.10. The van der Waals surface area contributed by atoms with Gasteiger partial charge in [-0.2, -0.15) is 4.98 Å². The van der Waals surface area contributed by atoms with E-state index in [2.05, 4.69) is 15.5 Å². The molecule has 25 heavy (non-hydrogen) atoms. The maximum absolute atomic E-state index is 12.1. The first-order chi connectivity index (χ1) is 12.1. The summed E-state index contributed by atoms with van der Waals surface area (Å²) >= 11 is 3.11. The van der Waals surface area contributed by atoms with E-state index in [0.29, 0.717) is 24.0 Å². The molecule has 0 radical (unpaired) electrons. The summed E-state index contributed by atoms with van der Waals surface area (Å²) in [7, 11) is 0. The van der Waals surface area contributed by atoms with Crippen molar-refractivity contribution in [1.29, 1.82) is 0 Å². The van der Waals surface area contributed by atoms with E-state index >= 15 is 0 Å². The van der Waals surface area contributed by atoms with Crippen LogP contribution in [-0.4, -0.2) is 21.3 Å². The number of nitrogens with zero attached hydrogens (tertiary/aromatic N) is 2. The minimum absolute atomic E-state index is 0.0108. The zero-order valence-electron chi connectivity index (χ0n) is 14.1. The molecular weight excluding hydrogens is 354 g/mol. The monoisotopic (exact) mass is 373 g/mol. The third kappa shape index (κ3) is 4.93. The van der Waals surface area contributed by atoms with E-state index in [-0.39, 0.29) is 11.2 Å². The Labute approximate surface area is 154 Å². The number of aryl methyl sites for hydroxylation is 1. The summed E-state index contributed by atoms with van der Waals surface area (Å²) in [5, 5.41) is 8.77. The predicted molar refractivity (Wildman–Crippen MR) is 101 cm³/mol. The van der Waals surface area contributed by atoms with Crippen LogP contribution < -0.4 is 5.32 Å². The highest BCUT2D eigenvalue weighted by Crippen LogP contribution is 2.21. The summed E-state index contributed by atoms with van der Waals surface area (Å²) in [6.07, 6.45) is 0. The van der Waals surface area contributed by atoms with Crippen LogP contribution in [-0.2, 0) is 17.1 Å². The van der Waals surface area contributed by atoms with Crippen LogP contribution in [0.5, 0.6) is 0 Å². The molecule has 1 amide bonds. The van der Waals surface area contributed by atoms with Crippen molar-refractivity contribution in [1.82, 2.24) is 15.5 Å². The lowest BCUT2D eigenvalue weighted by Crippen LogP contribution is -2.30. The van der Waals surface area contributed by atoms with Crippen LogP contribution in [0.2, 0.25) is 0 Å². The van der Waals surface area contributed by atoms with E-state index in [1.165, 1.54) is 17.3 Å². The molecule has 0 aliphatic heterocycles. The molecule has 0 bridgehead atoms. The Morgan fingerprint density at radius 2 is 2.12 bits per heavy atom. The van der Waals surface area contributed by atoms with E-state index in [4.69, 9.17) is 4.52 Å². The minimum Gasteiger partial charge on any atom is -0.350 e. The summed E-state index contributed by atoms with van der Waals surface area (Å²) in [6, 6.07) is 12.0. The lowest BCUT2D eigenvalue weighted by molar-refractivity contribution is -0.120. The summed E-state index contributed by atoms with van der Waals surface area (Å²) in [6.45, 7) is 4.48. The van der Waals surface area contributed by atoms with Gasteiger partial charge in [-0.05, 0) is 25.3 Å². The minimum atomic E-state index is -0.185. The van der Waals surface area contributed by atoms with Crippen molar-refractivity contribution in [3.63, 3.8) is 0 Å². The second-order valence-electron chi connectivity index (χ2n) is 5.63. The highest BCUT2D eigenvalue weighted by atomic mass is 32.2. The molecule has 130 valence electrons. The Bertz CT molecular complexity index is 813. The quantitative estimate of drug-likeness (QED) is 0.677. The average Bonchev–Trinajstić information content (AvgIpc) is 3.30. The smallest absolute Gasteiger partial charge is 0.236 e. The standard InChI is InChI=1S/C18H19N3O2S2/c1-12-5-7-14(8-6-12)17-20-16(23-21-17)11-25-13(2)18(22)19-10-15-4-3-9-24-15/h3-9,13H,10-11H2,1-2H3,(H,19,22)/t13-/m0/s1. The van der Waals surface area contributed by atoms with E-state index < -0.39 is 0 Å². The molecule has 1 atom stereocenters. The van der Waals surface area contributed by atoms with Crippen LogP contribution in [0, 0.1) is 6.92 Å². The van der Waals surface area contributed by atoms with Crippen molar-refractivity contribution in [3.05, 3.63) is 58.1 Å². The van der Waals surface area contributed by atoms with Crippen LogP contribution in [0.3, 0.4) is 0 Å². The Kier molecular flexibility index (Phi) is 5.88. The van der Waals surface area contributed by atoms with Gasteiger partial charge in [-0.15, -0.1) is 23.1 Å². The van der Waals surface area contributed by atoms with Crippen LogP contribution in [0.25, 0.3) is 11.4 Å². The van der Waals surface area contributed by atoms with Gasteiger partial charge in [0.25, 0.3) is 0 Å². The largest absolute Gasteiger partial charge is 0.350 e. The number of thiophene rings is 1. The van der Waals surface area contributed by atoms with Crippen LogP contribution >= 0.6 is 23.1 Å². The van der Waals surface area contributed by atoms with Crippen molar-refractivity contribution in [3.8, 4) is 11.4 Å². The fourth-order valence-electron chi connectivity index (χ4n) is 2.14. The van der Waals surface area contributed by atoms with Crippen molar-refractivity contribution in [2.24, 2.45) is 0 Å². The topological polar surface area (TPSA) is 68.0 Å². The van der Waals surface area contributed by atoms with Gasteiger partial charge in [0.15, 0.2) is 0 Å². The predicted octanol–water partition coefficient (Wildman–Crippen LogP) is 4.04. The van der Waals surface area contributed by atoms with Gasteiger partial charge in [0.05, 0.1) is 17.5 Å². The maximum atomic E-state index is 12.1. The summed E-state index contributed by atoms with van der Waals surface area (Å²) < 4.78 is 5.29. The number of aromatic nitrogens is 2. The van der Waals surface area contributed by atoms with Crippen molar-refractivity contribution >= 4 is 29.0 Å². The van der Waals surface area contributed by atoms with E-state index in [1.54, 1.807) is 11.3 Å². The summed E-state index contributed by atoms with van der Waals surface area (Å²) in [5.74, 6) is 1.62. The highest BCUT2D eigenvalue weighted by Gasteiger charge is 2.16. The van der Waals surface area contributed by atoms with Gasteiger partial charge < -0.3 is 9.84 Å². The van der Waals surface area contributed by atoms with Gasteiger partial charge in [0.2, 0.25) is 17.6 Å². The molecule has 3 aromatic rings. The molecule has 0 fully saturated rings. The Balaban J connectivity index is 1.49. The second-order valence-corrected chi connectivity index (χ2v) is 7.99. The third-order valence-corrected chi connectivity index (χ3v) is 5.62. The zero-order chi connectivity index (χ0) is 17.6. The molecule has 3 rings (SSSR count). The number of carbonyl (C=O) groups is 1. The number of hydrogen-bond donors (Lipinski definition) is 1. The van der Waals surface area contributed by atoms with Crippen LogP contribution in [0.1, 0.15) is 23.3 Å². The number of thioether (sulfide) groups is 1. The average molecular weight is 374 g/mol. The molecule has 0 unspecified atom stereocenters. The molecule has 2 aromatic heterocycles. The first-order valence-electron chi connectivity index (χ1n) is 7.93. The van der Waals surface area contributed by atoms with E-state index in [0.717, 1.165) is 10.4 Å². The molecule has 1 aromatic carbocycles. The number of benzene rings is 1. The Morgan fingerprint density at radius 1 is 1.32 bits per heavy atom. The van der Waals surface area contributed by atoms with E-state index in [9.17, 15) is 4.79 Å². The van der Waals surface area contributed by atoms with Gasteiger partial charge >= 0.3 is 0 Å². The fourth-order valence-corrected chi connectivity index (χ4v) is 3.53. The van der Waals surface area contributed by atoms with Gasteiger partial charge in [-0.3, -0.25) is 4.79 Å². The van der Waals surface area contributed by atoms with Crippen LogP contribution in [0.15, 0.2) is 46.3 Å². The number of amides is 1. The number of carbonyl (C=O) groups excluding carboxylic acids is 1. The van der Waals surface area contributed by atoms with Gasteiger partial charge in [-0.1, -0.05) is 41.1 Å². The Morgan fingerprint density at radius 3 is 2.84 bits per heavy atom. The maximum Gasteiger partial charge on any atom is 0.236 e. The molecule has 0 spiro atoms. The number of rotatable bonds is 7.